The molecule has 2 rings (SSSR count). The minimum atomic E-state index is 0.0202. The van der Waals surface area contributed by atoms with Crippen molar-refractivity contribution in [3.8, 4) is 12.3 Å². The van der Waals surface area contributed by atoms with E-state index in [0.29, 0.717) is 12.8 Å². The predicted octanol–water partition coefficient (Wildman–Crippen LogP) is 2.63. The molecule has 1 unspecified atom stereocenters. The standard InChI is InChI=1S/C16H18N2O/c1-3-7-13(4-2)18-16(19)10-12-11-17-15-9-6-5-8-14(12)15/h1,5-6,8-9,11,13,17H,4,7,10H2,2H3,(H,18,19). The van der Waals surface area contributed by atoms with E-state index < -0.39 is 0 Å². The van der Waals surface area contributed by atoms with Gasteiger partial charge >= 0.3 is 0 Å². The largest absolute Gasteiger partial charge is 0.361 e. The minimum Gasteiger partial charge on any atom is -0.361 e. The van der Waals surface area contributed by atoms with Crippen LogP contribution in [0.3, 0.4) is 0 Å². The number of amides is 1. The molecule has 0 saturated carbocycles. The molecule has 0 bridgehead atoms. The number of hydrogen-bond acceptors (Lipinski definition) is 1. The monoisotopic (exact) mass is 254 g/mol. The lowest BCUT2D eigenvalue weighted by molar-refractivity contribution is -0.121. The van der Waals surface area contributed by atoms with Crippen LogP contribution < -0.4 is 5.32 Å². The molecule has 0 spiro atoms. The Labute approximate surface area is 113 Å². The Kier molecular flexibility index (Phi) is 4.25. The zero-order valence-electron chi connectivity index (χ0n) is 11.1. The van der Waals surface area contributed by atoms with Gasteiger partial charge in [-0.3, -0.25) is 4.79 Å². The van der Waals surface area contributed by atoms with Gasteiger partial charge in [-0.25, -0.2) is 0 Å². The van der Waals surface area contributed by atoms with Crippen LogP contribution in [0.5, 0.6) is 0 Å². The van der Waals surface area contributed by atoms with Gasteiger partial charge in [0.25, 0.3) is 0 Å². The van der Waals surface area contributed by atoms with E-state index in [0.717, 1.165) is 22.9 Å². The number of para-hydroxylation sites is 1. The Morgan fingerprint density at radius 2 is 2.26 bits per heavy atom. The van der Waals surface area contributed by atoms with E-state index in [1.807, 2.05) is 37.4 Å². The van der Waals surface area contributed by atoms with Gasteiger partial charge in [-0.15, -0.1) is 12.3 Å². The van der Waals surface area contributed by atoms with Gasteiger partial charge in [0.1, 0.15) is 0 Å². The molecule has 1 heterocycles. The SMILES string of the molecule is C#CCC(CC)NC(=O)Cc1c[nH]c2ccccc12. The van der Waals surface area contributed by atoms with Crippen molar-refractivity contribution in [3.05, 3.63) is 36.0 Å². The second-order valence-electron chi connectivity index (χ2n) is 4.62. The number of nitrogens with one attached hydrogen (secondary N) is 2. The van der Waals surface area contributed by atoms with Crippen LogP contribution in [0.1, 0.15) is 25.3 Å². The first-order valence-electron chi connectivity index (χ1n) is 6.52. The quantitative estimate of drug-likeness (QED) is 0.792. The summed E-state index contributed by atoms with van der Waals surface area (Å²) < 4.78 is 0. The molecule has 1 atom stereocenters. The molecule has 1 amide bonds. The van der Waals surface area contributed by atoms with E-state index in [1.165, 1.54) is 0 Å². The van der Waals surface area contributed by atoms with Crippen LogP contribution in [0, 0.1) is 12.3 Å². The van der Waals surface area contributed by atoms with E-state index in [1.54, 1.807) is 0 Å². The van der Waals surface area contributed by atoms with Gasteiger partial charge in [0.15, 0.2) is 0 Å². The van der Waals surface area contributed by atoms with E-state index in [9.17, 15) is 4.79 Å². The van der Waals surface area contributed by atoms with Crippen LogP contribution in [0.2, 0.25) is 0 Å². The molecule has 0 aliphatic carbocycles. The maximum Gasteiger partial charge on any atom is 0.224 e. The van der Waals surface area contributed by atoms with Crippen molar-refractivity contribution in [1.82, 2.24) is 10.3 Å². The summed E-state index contributed by atoms with van der Waals surface area (Å²) in [6.07, 6.45) is 8.99. The first-order chi connectivity index (χ1) is 9.24. The van der Waals surface area contributed by atoms with Crippen LogP contribution in [0.25, 0.3) is 10.9 Å². The lowest BCUT2D eigenvalue weighted by atomic mass is 10.1. The molecule has 19 heavy (non-hydrogen) atoms. The number of fused-ring (bicyclic) bond motifs is 1. The normalized spacial score (nSPS) is 12.0. The highest BCUT2D eigenvalue weighted by atomic mass is 16.1. The molecule has 1 aromatic carbocycles. The number of hydrogen-bond donors (Lipinski definition) is 2. The van der Waals surface area contributed by atoms with E-state index in [2.05, 4.69) is 16.2 Å². The highest BCUT2D eigenvalue weighted by Gasteiger charge is 2.12. The Morgan fingerprint density at radius 1 is 1.47 bits per heavy atom. The fourth-order valence-corrected chi connectivity index (χ4v) is 2.17. The fraction of sp³-hybridized carbons (Fsp3) is 0.312. The molecule has 3 heteroatoms. The molecule has 98 valence electrons. The second-order valence-corrected chi connectivity index (χ2v) is 4.62. The van der Waals surface area contributed by atoms with Gasteiger partial charge < -0.3 is 10.3 Å². The van der Waals surface area contributed by atoms with Crippen molar-refractivity contribution in [3.63, 3.8) is 0 Å². The second kappa shape index (κ2) is 6.10. The van der Waals surface area contributed by atoms with Crippen molar-refractivity contribution >= 4 is 16.8 Å². The smallest absolute Gasteiger partial charge is 0.224 e. The summed E-state index contributed by atoms with van der Waals surface area (Å²) >= 11 is 0. The van der Waals surface area contributed by atoms with Crippen LogP contribution in [0.15, 0.2) is 30.5 Å². The summed E-state index contributed by atoms with van der Waals surface area (Å²) in [6.45, 7) is 2.02. The summed E-state index contributed by atoms with van der Waals surface area (Å²) in [5, 5.41) is 4.07. The molecule has 3 nitrogen and oxygen atoms in total. The zero-order chi connectivity index (χ0) is 13.7. The van der Waals surface area contributed by atoms with Gasteiger partial charge in [0, 0.05) is 29.6 Å². The fourth-order valence-electron chi connectivity index (χ4n) is 2.17. The number of aromatic amines is 1. The Bertz CT molecular complexity index is 606. The van der Waals surface area contributed by atoms with Crippen molar-refractivity contribution in [2.75, 3.05) is 0 Å². The zero-order valence-corrected chi connectivity index (χ0v) is 11.1. The lowest BCUT2D eigenvalue weighted by Gasteiger charge is -2.13. The molecule has 0 saturated heterocycles. The van der Waals surface area contributed by atoms with E-state index in [4.69, 9.17) is 6.42 Å². The number of rotatable bonds is 5. The average molecular weight is 254 g/mol. The van der Waals surface area contributed by atoms with Crippen LogP contribution in [-0.4, -0.2) is 16.9 Å². The highest BCUT2D eigenvalue weighted by Crippen LogP contribution is 2.18. The van der Waals surface area contributed by atoms with Crippen LogP contribution in [0.4, 0.5) is 0 Å². The number of carbonyl (C=O) groups is 1. The third-order valence-electron chi connectivity index (χ3n) is 3.25. The average Bonchev–Trinajstić information content (AvgIpc) is 2.82. The van der Waals surface area contributed by atoms with Gasteiger partial charge in [-0.05, 0) is 18.1 Å². The molecular weight excluding hydrogens is 236 g/mol. The van der Waals surface area contributed by atoms with Crippen molar-refractivity contribution < 1.29 is 4.79 Å². The molecular formula is C16H18N2O. The van der Waals surface area contributed by atoms with Gasteiger partial charge in [0.2, 0.25) is 5.91 Å². The predicted molar refractivity (Wildman–Crippen MR) is 77.7 cm³/mol. The first-order valence-corrected chi connectivity index (χ1v) is 6.52. The first kappa shape index (κ1) is 13.2. The Balaban J connectivity index is 2.05. The third kappa shape index (κ3) is 3.17. The number of carbonyl (C=O) groups excluding carboxylic acids is 1. The molecule has 0 aliphatic heterocycles. The highest BCUT2D eigenvalue weighted by molar-refractivity contribution is 5.88. The van der Waals surface area contributed by atoms with Gasteiger partial charge in [-0.2, -0.15) is 0 Å². The molecule has 0 fully saturated rings. The number of terminal acetylenes is 1. The number of benzene rings is 1. The summed E-state index contributed by atoms with van der Waals surface area (Å²) in [4.78, 5) is 15.2. The van der Waals surface area contributed by atoms with Crippen LogP contribution >= 0.6 is 0 Å². The summed E-state index contributed by atoms with van der Waals surface area (Å²) in [5.74, 6) is 2.61. The van der Waals surface area contributed by atoms with Crippen molar-refractivity contribution in [2.45, 2.75) is 32.2 Å². The van der Waals surface area contributed by atoms with Crippen molar-refractivity contribution in [2.24, 2.45) is 0 Å². The third-order valence-corrected chi connectivity index (χ3v) is 3.25. The molecule has 2 N–H and O–H groups in total. The Hall–Kier alpha value is -2.21. The number of H-pyrrole nitrogens is 1. The van der Waals surface area contributed by atoms with E-state index in [-0.39, 0.29) is 11.9 Å². The van der Waals surface area contributed by atoms with E-state index >= 15 is 0 Å². The van der Waals surface area contributed by atoms with Gasteiger partial charge in [-0.1, -0.05) is 25.1 Å². The summed E-state index contributed by atoms with van der Waals surface area (Å²) in [5.41, 5.74) is 2.07. The molecule has 1 aromatic heterocycles. The summed E-state index contributed by atoms with van der Waals surface area (Å²) in [7, 11) is 0. The number of aromatic nitrogens is 1. The van der Waals surface area contributed by atoms with Crippen LogP contribution in [-0.2, 0) is 11.2 Å². The lowest BCUT2D eigenvalue weighted by Crippen LogP contribution is -2.35. The molecule has 0 radical (unpaired) electrons. The summed E-state index contributed by atoms with van der Waals surface area (Å²) in [6, 6.07) is 8.05. The van der Waals surface area contributed by atoms with Crippen molar-refractivity contribution in [1.29, 1.82) is 0 Å². The topological polar surface area (TPSA) is 44.9 Å². The van der Waals surface area contributed by atoms with Gasteiger partial charge in [0.05, 0.1) is 6.42 Å². The molecule has 2 aromatic rings. The maximum atomic E-state index is 12.0. The molecule has 0 aliphatic rings. The maximum absolute atomic E-state index is 12.0. The Morgan fingerprint density at radius 3 is 3.00 bits per heavy atom. The minimum absolute atomic E-state index is 0.0202.